The third-order valence-electron chi connectivity index (χ3n) is 4.96. The summed E-state index contributed by atoms with van der Waals surface area (Å²) in [6, 6.07) is 8.98. The molecule has 1 aliphatic carbocycles. The van der Waals surface area contributed by atoms with E-state index < -0.39 is 0 Å². The van der Waals surface area contributed by atoms with E-state index in [1.165, 1.54) is 24.9 Å². The second-order valence-corrected chi connectivity index (χ2v) is 7.16. The standard InChI is InChI=1S/C19H29N3O.ClH/c1-15-2-4-16(5-3-15)13-21-19(23)14-22-10-8-18(9-11-22)20-12-17-6-7-17;/h2-5,17-18,20H,6-14H2,1H3,(H,21,23);1H. The smallest absolute Gasteiger partial charge is 0.234 e. The zero-order chi connectivity index (χ0) is 16.1. The van der Waals surface area contributed by atoms with Gasteiger partial charge in [0, 0.05) is 25.7 Å². The van der Waals surface area contributed by atoms with Crippen molar-refractivity contribution in [2.75, 3.05) is 26.2 Å². The maximum absolute atomic E-state index is 12.1. The molecule has 0 atom stereocenters. The highest BCUT2D eigenvalue weighted by Gasteiger charge is 2.24. The Morgan fingerprint density at radius 1 is 1.12 bits per heavy atom. The lowest BCUT2D eigenvalue weighted by Gasteiger charge is -2.32. The zero-order valence-corrected chi connectivity index (χ0v) is 15.4. The molecule has 1 saturated carbocycles. The lowest BCUT2D eigenvalue weighted by molar-refractivity contribution is -0.122. The van der Waals surface area contributed by atoms with E-state index in [4.69, 9.17) is 0 Å². The predicted octanol–water partition coefficient (Wildman–Crippen LogP) is 2.50. The molecule has 0 radical (unpaired) electrons. The summed E-state index contributed by atoms with van der Waals surface area (Å²) in [6.07, 6.45) is 5.15. The number of likely N-dealkylation sites (tertiary alicyclic amines) is 1. The first kappa shape index (κ1) is 19.2. The molecule has 1 heterocycles. The fourth-order valence-electron chi connectivity index (χ4n) is 3.12. The van der Waals surface area contributed by atoms with Crippen molar-refractivity contribution in [3.8, 4) is 0 Å². The van der Waals surface area contributed by atoms with Gasteiger partial charge in [0.05, 0.1) is 6.54 Å². The first-order chi connectivity index (χ1) is 11.2. The number of carbonyl (C=O) groups excluding carboxylic acids is 1. The Labute approximate surface area is 151 Å². The Balaban J connectivity index is 0.00000208. The molecule has 1 aliphatic heterocycles. The third kappa shape index (κ3) is 6.42. The van der Waals surface area contributed by atoms with Crippen molar-refractivity contribution < 1.29 is 4.79 Å². The summed E-state index contributed by atoms with van der Waals surface area (Å²) < 4.78 is 0. The van der Waals surface area contributed by atoms with Crippen molar-refractivity contribution in [2.24, 2.45) is 5.92 Å². The van der Waals surface area contributed by atoms with Crippen LogP contribution in [0.4, 0.5) is 0 Å². The minimum absolute atomic E-state index is 0. The summed E-state index contributed by atoms with van der Waals surface area (Å²) in [5, 5.41) is 6.71. The first-order valence-corrected chi connectivity index (χ1v) is 8.97. The van der Waals surface area contributed by atoms with E-state index in [0.717, 1.165) is 37.4 Å². The molecule has 0 aromatic heterocycles. The van der Waals surface area contributed by atoms with Gasteiger partial charge in [0.1, 0.15) is 0 Å². The Morgan fingerprint density at radius 3 is 2.42 bits per heavy atom. The van der Waals surface area contributed by atoms with E-state index in [9.17, 15) is 4.79 Å². The Bertz CT molecular complexity index is 508. The molecule has 1 amide bonds. The van der Waals surface area contributed by atoms with Crippen LogP contribution in [-0.2, 0) is 11.3 Å². The number of halogens is 1. The van der Waals surface area contributed by atoms with Crippen molar-refractivity contribution in [3.05, 3.63) is 35.4 Å². The molecule has 24 heavy (non-hydrogen) atoms. The summed E-state index contributed by atoms with van der Waals surface area (Å²) in [6.45, 7) is 6.48. The van der Waals surface area contributed by atoms with Crippen molar-refractivity contribution in [2.45, 2.75) is 45.2 Å². The van der Waals surface area contributed by atoms with Crippen LogP contribution in [0.2, 0.25) is 0 Å². The van der Waals surface area contributed by atoms with E-state index in [1.807, 2.05) is 0 Å². The molecule has 2 aliphatic rings. The van der Waals surface area contributed by atoms with Gasteiger partial charge >= 0.3 is 0 Å². The number of nitrogens with zero attached hydrogens (tertiary/aromatic N) is 1. The van der Waals surface area contributed by atoms with Crippen molar-refractivity contribution in [1.29, 1.82) is 0 Å². The first-order valence-electron chi connectivity index (χ1n) is 8.97. The summed E-state index contributed by atoms with van der Waals surface area (Å²) in [7, 11) is 0. The van der Waals surface area contributed by atoms with E-state index in [2.05, 4.69) is 46.7 Å². The molecule has 2 N–H and O–H groups in total. The molecule has 1 saturated heterocycles. The topological polar surface area (TPSA) is 44.4 Å². The lowest BCUT2D eigenvalue weighted by atomic mass is 10.0. The van der Waals surface area contributed by atoms with Gasteiger partial charge in [-0.1, -0.05) is 29.8 Å². The van der Waals surface area contributed by atoms with Crippen LogP contribution in [-0.4, -0.2) is 43.0 Å². The van der Waals surface area contributed by atoms with Crippen LogP contribution in [0, 0.1) is 12.8 Å². The molecule has 0 bridgehead atoms. The van der Waals surface area contributed by atoms with Crippen molar-refractivity contribution >= 4 is 18.3 Å². The molecule has 3 rings (SSSR count). The number of nitrogens with one attached hydrogen (secondary N) is 2. The summed E-state index contributed by atoms with van der Waals surface area (Å²) in [5.41, 5.74) is 2.41. The number of piperidine rings is 1. The number of hydrogen-bond acceptors (Lipinski definition) is 3. The number of rotatable bonds is 7. The van der Waals surface area contributed by atoms with Gasteiger partial charge in [0.2, 0.25) is 5.91 Å². The van der Waals surface area contributed by atoms with Gasteiger partial charge < -0.3 is 10.6 Å². The van der Waals surface area contributed by atoms with Crippen molar-refractivity contribution in [3.63, 3.8) is 0 Å². The molecule has 2 fully saturated rings. The van der Waals surface area contributed by atoms with Gasteiger partial charge in [-0.05, 0) is 50.6 Å². The van der Waals surface area contributed by atoms with Gasteiger partial charge in [-0.15, -0.1) is 12.4 Å². The minimum atomic E-state index is 0. The third-order valence-corrected chi connectivity index (χ3v) is 4.96. The van der Waals surface area contributed by atoms with Crippen LogP contribution < -0.4 is 10.6 Å². The summed E-state index contributed by atoms with van der Waals surface area (Å²) >= 11 is 0. The molecule has 0 spiro atoms. The maximum Gasteiger partial charge on any atom is 0.234 e. The predicted molar refractivity (Wildman–Crippen MR) is 100 cm³/mol. The van der Waals surface area contributed by atoms with Crippen LogP contribution >= 0.6 is 12.4 Å². The lowest BCUT2D eigenvalue weighted by Crippen LogP contribution is -2.46. The van der Waals surface area contributed by atoms with Gasteiger partial charge in [-0.25, -0.2) is 0 Å². The maximum atomic E-state index is 12.1. The molecule has 1 aromatic carbocycles. The van der Waals surface area contributed by atoms with Crippen LogP contribution in [0.3, 0.4) is 0 Å². The number of benzene rings is 1. The normalized spacial score (nSPS) is 18.9. The van der Waals surface area contributed by atoms with E-state index >= 15 is 0 Å². The second-order valence-electron chi connectivity index (χ2n) is 7.16. The van der Waals surface area contributed by atoms with Crippen LogP contribution in [0.15, 0.2) is 24.3 Å². The van der Waals surface area contributed by atoms with Crippen LogP contribution in [0.25, 0.3) is 0 Å². The molecule has 134 valence electrons. The van der Waals surface area contributed by atoms with Gasteiger partial charge in [-0.3, -0.25) is 9.69 Å². The van der Waals surface area contributed by atoms with Gasteiger partial charge in [-0.2, -0.15) is 0 Å². The monoisotopic (exact) mass is 351 g/mol. The molecule has 5 heteroatoms. The highest BCUT2D eigenvalue weighted by molar-refractivity contribution is 5.85. The SMILES string of the molecule is Cc1ccc(CNC(=O)CN2CCC(NCC3CC3)CC2)cc1.Cl. The molecule has 1 aromatic rings. The Morgan fingerprint density at radius 2 is 1.79 bits per heavy atom. The van der Waals surface area contributed by atoms with E-state index in [-0.39, 0.29) is 18.3 Å². The van der Waals surface area contributed by atoms with Crippen LogP contribution in [0.5, 0.6) is 0 Å². The average molecular weight is 352 g/mol. The number of amides is 1. The molecular weight excluding hydrogens is 322 g/mol. The van der Waals surface area contributed by atoms with Gasteiger partial charge in [0.25, 0.3) is 0 Å². The molecule has 0 unspecified atom stereocenters. The molecule has 4 nitrogen and oxygen atoms in total. The largest absolute Gasteiger partial charge is 0.351 e. The Kier molecular flexibility index (Phi) is 7.53. The second kappa shape index (κ2) is 9.40. The van der Waals surface area contributed by atoms with E-state index in [0.29, 0.717) is 19.1 Å². The van der Waals surface area contributed by atoms with Crippen molar-refractivity contribution in [1.82, 2.24) is 15.5 Å². The van der Waals surface area contributed by atoms with Gasteiger partial charge in [0.15, 0.2) is 0 Å². The fourth-order valence-corrected chi connectivity index (χ4v) is 3.12. The van der Waals surface area contributed by atoms with Crippen LogP contribution in [0.1, 0.15) is 36.8 Å². The average Bonchev–Trinajstić information content (AvgIpc) is 3.38. The zero-order valence-electron chi connectivity index (χ0n) is 14.6. The number of carbonyl (C=O) groups is 1. The highest BCUT2D eigenvalue weighted by Crippen LogP contribution is 2.28. The number of aryl methyl sites for hydroxylation is 1. The van der Waals surface area contributed by atoms with E-state index in [1.54, 1.807) is 0 Å². The minimum Gasteiger partial charge on any atom is -0.351 e. The highest BCUT2D eigenvalue weighted by atomic mass is 35.5. The summed E-state index contributed by atoms with van der Waals surface area (Å²) in [4.78, 5) is 14.4. The Hall–Kier alpha value is -1.10. The summed E-state index contributed by atoms with van der Waals surface area (Å²) in [5.74, 6) is 1.08. The quantitative estimate of drug-likeness (QED) is 0.793. The fraction of sp³-hybridized carbons (Fsp3) is 0.632. The molecular formula is C19H30ClN3O. The number of hydrogen-bond donors (Lipinski definition) is 2.